The molecular formula is C14H15BrFNO2. The van der Waals surface area contributed by atoms with Gasteiger partial charge in [0.25, 0.3) is 0 Å². The van der Waals surface area contributed by atoms with E-state index in [1.807, 2.05) is 6.92 Å². The number of hydrogen-bond acceptors (Lipinski definition) is 3. The van der Waals surface area contributed by atoms with E-state index >= 15 is 0 Å². The summed E-state index contributed by atoms with van der Waals surface area (Å²) in [5, 5.41) is 12.6. The Labute approximate surface area is 119 Å². The molecule has 102 valence electrons. The summed E-state index contributed by atoms with van der Waals surface area (Å²) in [6, 6.07) is 8.11. The highest BCUT2D eigenvalue weighted by Crippen LogP contribution is 2.24. The van der Waals surface area contributed by atoms with Gasteiger partial charge in [0.15, 0.2) is 0 Å². The quantitative estimate of drug-likeness (QED) is 0.882. The van der Waals surface area contributed by atoms with Crippen LogP contribution >= 0.6 is 15.9 Å². The van der Waals surface area contributed by atoms with Gasteiger partial charge in [-0.1, -0.05) is 6.07 Å². The molecule has 1 heterocycles. The molecule has 2 atom stereocenters. The second-order valence-corrected chi connectivity index (χ2v) is 5.17. The van der Waals surface area contributed by atoms with E-state index in [2.05, 4.69) is 21.2 Å². The number of hydrogen-bond donors (Lipinski definition) is 2. The van der Waals surface area contributed by atoms with Crippen LogP contribution in [0.2, 0.25) is 0 Å². The minimum absolute atomic E-state index is 0.0425. The molecule has 0 fully saturated rings. The van der Waals surface area contributed by atoms with E-state index in [-0.39, 0.29) is 24.5 Å². The van der Waals surface area contributed by atoms with Gasteiger partial charge >= 0.3 is 0 Å². The third-order valence-corrected chi connectivity index (χ3v) is 3.57. The van der Waals surface area contributed by atoms with Crippen LogP contribution in [-0.2, 0) is 0 Å². The van der Waals surface area contributed by atoms with Crippen molar-refractivity contribution in [3.63, 3.8) is 0 Å². The number of nitrogens with one attached hydrogen (secondary N) is 1. The van der Waals surface area contributed by atoms with Crippen molar-refractivity contribution in [2.45, 2.75) is 19.0 Å². The van der Waals surface area contributed by atoms with Gasteiger partial charge in [0.2, 0.25) is 0 Å². The normalized spacial score (nSPS) is 14.3. The molecule has 0 spiro atoms. The molecule has 2 aromatic rings. The van der Waals surface area contributed by atoms with Crippen LogP contribution in [0, 0.1) is 5.82 Å². The molecule has 0 saturated heterocycles. The number of halogens is 2. The zero-order valence-corrected chi connectivity index (χ0v) is 12.0. The number of benzene rings is 1. The van der Waals surface area contributed by atoms with Gasteiger partial charge in [0, 0.05) is 6.04 Å². The average Bonchev–Trinajstić information content (AvgIpc) is 2.92. The first kappa shape index (κ1) is 14.2. The van der Waals surface area contributed by atoms with E-state index in [9.17, 15) is 9.50 Å². The van der Waals surface area contributed by atoms with E-state index in [0.29, 0.717) is 10.2 Å². The molecule has 2 N–H and O–H groups in total. The van der Waals surface area contributed by atoms with Gasteiger partial charge in [0.1, 0.15) is 11.6 Å². The Morgan fingerprint density at radius 3 is 2.79 bits per heavy atom. The first-order valence-corrected chi connectivity index (χ1v) is 6.76. The highest BCUT2D eigenvalue weighted by Gasteiger charge is 2.17. The lowest BCUT2D eigenvalue weighted by molar-refractivity contribution is 0.217. The lowest BCUT2D eigenvalue weighted by Gasteiger charge is -2.20. The number of aliphatic hydroxyl groups is 1. The topological polar surface area (TPSA) is 45.4 Å². The van der Waals surface area contributed by atoms with E-state index in [1.165, 1.54) is 6.07 Å². The second kappa shape index (κ2) is 6.32. The molecule has 0 radical (unpaired) electrons. The van der Waals surface area contributed by atoms with Gasteiger partial charge in [-0.25, -0.2) is 4.39 Å². The Bertz CT molecular complexity index is 530. The highest BCUT2D eigenvalue weighted by molar-refractivity contribution is 9.10. The maximum Gasteiger partial charge on any atom is 0.137 e. The van der Waals surface area contributed by atoms with Crippen LogP contribution in [0.25, 0.3) is 0 Å². The van der Waals surface area contributed by atoms with Crippen molar-refractivity contribution in [1.82, 2.24) is 5.32 Å². The van der Waals surface area contributed by atoms with E-state index in [1.54, 1.807) is 30.5 Å². The Balaban J connectivity index is 2.11. The van der Waals surface area contributed by atoms with Gasteiger partial charge in [-0.2, -0.15) is 0 Å². The molecule has 1 aromatic carbocycles. The minimum atomic E-state index is -0.291. The number of furan rings is 1. The fourth-order valence-corrected chi connectivity index (χ4v) is 2.29. The second-order valence-electron chi connectivity index (χ2n) is 4.31. The van der Waals surface area contributed by atoms with E-state index in [0.717, 1.165) is 5.56 Å². The van der Waals surface area contributed by atoms with Gasteiger partial charge in [0.05, 0.1) is 23.4 Å². The van der Waals surface area contributed by atoms with Crippen molar-refractivity contribution in [3.8, 4) is 0 Å². The van der Waals surface area contributed by atoms with Crippen molar-refractivity contribution in [2.24, 2.45) is 0 Å². The fourth-order valence-electron chi connectivity index (χ4n) is 1.89. The largest absolute Gasteiger partial charge is 0.468 e. The van der Waals surface area contributed by atoms with Gasteiger partial charge in [-0.3, -0.25) is 5.32 Å². The van der Waals surface area contributed by atoms with Crippen molar-refractivity contribution in [1.29, 1.82) is 0 Å². The lowest BCUT2D eigenvalue weighted by atomic mass is 10.1. The first-order valence-electron chi connectivity index (χ1n) is 5.97. The Hall–Kier alpha value is -1.17. The monoisotopic (exact) mass is 327 g/mol. The molecule has 5 heteroatoms. The minimum Gasteiger partial charge on any atom is -0.468 e. The molecule has 1 aromatic heterocycles. The number of aliphatic hydroxyl groups excluding tert-OH is 1. The van der Waals surface area contributed by atoms with Crippen LogP contribution in [0.3, 0.4) is 0 Å². The zero-order chi connectivity index (χ0) is 13.8. The summed E-state index contributed by atoms with van der Waals surface area (Å²) in [6.45, 7) is 1.88. The third-order valence-electron chi connectivity index (χ3n) is 2.96. The molecule has 0 aliphatic heterocycles. The van der Waals surface area contributed by atoms with Crippen LogP contribution in [0.1, 0.15) is 30.3 Å². The summed E-state index contributed by atoms with van der Waals surface area (Å²) >= 11 is 3.17. The SMILES string of the molecule is CC(NC(CO)c1ccco1)c1ccc(F)c(Br)c1. The summed E-state index contributed by atoms with van der Waals surface area (Å²) in [4.78, 5) is 0. The van der Waals surface area contributed by atoms with E-state index < -0.39 is 0 Å². The molecule has 0 aliphatic carbocycles. The Morgan fingerprint density at radius 2 is 2.21 bits per heavy atom. The van der Waals surface area contributed by atoms with Crippen LogP contribution in [-0.4, -0.2) is 11.7 Å². The molecule has 19 heavy (non-hydrogen) atoms. The molecule has 0 amide bonds. The van der Waals surface area contributed by atoms with Crippen molar-refractivity contribution in [3.05, 3.63) is 58.2 Å². The lowest BCUT2D eigenvalue weighted by Crippen LogP contribution is -2.27. The maximum absolute atomic E-state index is 13.2. The molecular weight excluding hydrogens is 313 g/mol. The van der Waals surface area contributed by atoms with Gasteiger partial charge < -0.3 is 9.52 Å². The summed E-state index contributed by atoms with van der Waals surface area (Å²) in [5.74, 6) is 0.385. The predicted molar refractivity (Wildman–Crippen MR) is 74.2 cm³/mol. The molecule has 2 unspecified atom stereocenters. The van der Waals surface area contributed by atoms with Crippen molar-refractivity contribution in [2.75, 3.05) is 6.61 Å². The Kier molecular flexibility index (Phi) is 4.74. The van der Waals surface area contributed by atoms with E-state index in [4.69, 9.17) is 4.42 Å². The summed E-state index contributed by atoms with van der Waals surface area (Å²) in [6.07, 6.45) is 1.57. The van der Waals surface area contributed by atoms with Gasteiger partial charge in [-0.15, -0.1) is 0 Å². The van der Waals surface area contributed by atoms with Crippen LogP contribution in [0.5, 0.6) is 0 Å². The smallest absolute Gasteiger partial charge is 0.137 e. The van der Waals surface area contributed by atoms with Crippen LogP contribution < -0.4 is 5.32 Å². The van der Waals surface area contributed by atoms with Gasteiger partial charge in [-0.05, 0) is 52.7 Å². The predicted octanol–water partition coefficient (Wildman–Crippen LogP) is 3.57. The van der Waals surface area contributed by atoms with Crippen molar-refractivity contribution < 1.29 is 13.9 Å². The molecule has 0 aliphatic rings. The highest BCUT2D eigenvalue weighted by atomic mass is 79.9. The summed E-state index contributed by atoms with van der Waals surface area (Å²) in [5.41, 5.74) is 0.929. The first-order chi connectivity index (χ1) is 9.11. The Morgan fingerprint density at radius 1 is 1.42 bits per heavy atom. The third kappa shape index (κ3) is 3.43. The molecule has 3 nitrogen and oxygen atoms in total. The summed E-state index contributed by atoms with van der Waals surface area (Å²) < 4.78 is 18.9. The van der Waals surface area contributed by atoms with Crippen LogP contribution in [0.4, 0.5) is 4.39 Å². The van der Waals surface area contributed by atoms with Crippen LogP contribution in [0.15, 0.2) is 45.5 Å². The zero-order valence-electron chi connectivity index (χ0n) is 10.4. The molecule has 0 bridgehead atoms. The summed E-state index contributed by atoms with van der Waals surface area (Å²) in [7, 11) is 0. The molecule has 0 saturated carbocycles. The molecule has 2 rings (SSSR count). The standard InChI is InChI=1S/C14H15BrFNO2/c1-9(10-4-5-12(16)11(15)7-10)17-13(8-18)14-3-2-6-19-14/h2-7,9,13,17-18H,8H2,1H3. The van der Waals surface area contributed by atoms with Crippen molar-refractivity contribution >= 4 is 15.9 Å². The average molecular weight is 328 g/mol. The number of rotatable bonds is 5. The fraction of sp³-hybridized carbons (Fsp3) is 0.286. The maximum atomic E-state index is 13.2.